The van der Waals surface area contributed by atoms with E-state index in [0.717, 1.165) is 5.56 Å². The molecule has 8 nitrogen and oxygen atoms in total. The number of carbonyl (C=O) groups excluding carboxylic acids is 2. The molecule has 0 bridgehead atoms. The number of hydrogen-bond acceptors (Lipinski definition) is 6. The van der Waals surface area contributed by atoms with E-state index in [2.05, 4.69) is 6.58 Å². The van der Waals surface area contributed by atoms with Crippen molar-refractivity contribution >= 4 is 11.8 Å². The van der Waals surface area contributed by atoms with Crippen molar-refractivity contribution < 1.29 is 28.5 Å². The molecule has 0 spiro atoms. The van der Waals surface area contributed by atoms with Crippen molar-refractivity contribution in [2.45, 2.75) is 12.5 Å². The van der Waals surface area contributed by atoms with Crippen LogP contribution in [0.3, 0.4) is 0 Å². The van der Waals surface area contributed by atoms with Gasteiger partial charge in [-0.2, -0.15) is 0 Å². The predicted octanol–water partition coefficient (Wildman–Crippen LogP) is 2.56. The highest BCUT2D eigenvalue weighted by atomic mass is 16.6. The van der Waals surface area contributed by atoms with Crippen molar-refractivity contribution in [1.82, 2.24) is 9.80 Å². The second kappa shape index (κ2) is 9.85. The zero-order valence-corrected chi connectivity index (χ0v) is 18.9. The zero-order valence-electron chi connectivity index (χ0n) is 18.9. The normalized spacial score (nSPS) is 17.3. The standard InChI is InChI=1S/C25H28N2O6/c1-4-7-17-14-18(15-21(30-2)23(17)31-3)24(28)26-10-12-27(13-11-26)25(29)22-16-32-19-8-5-6-9-20(19)33-22/h4-6,8-9,14-15,22H,1,7,10-13,16H2,2-3H3/t22-/m0/s1. The van der Waals surface area contributed by atoms with Gasteiger partial charge in [0.2, 0.25) is 6.10 Å². The number of rotatable bonds is 6. The Labute approximate surface area is 193 Å². The van der Waals surface area contributed by atoms with Crippen LogP contribution >= 0.6 is 0 Å². The number of fused-ring (bicyclic) bond motifs is 1. The first-order chi connectivity index (χ1) is 16.0. The Balaban J connectivity index is 1.41. The van der Waals surface area contributed by atoms with Gasteiger partial charge in [-0.3, -0.25) is 9.59 Å². The molecule has 2 aliphatic heterocycles. The van der Waals surface area contributed by atoms with Gasteiger partial charge in [-0.15, -0.1) is 6.58 Å². The van der Waals surface area contributed by atoms with Gasteiger partial charge in [0.25, 0.3) is 11.8 Å². The van der Waals surface area contributed by atoms with E-state index in [4.69, 9.17) is 18.9 Å². The molecule has 8 heteroatoms. The lowest BCUT2D eigenvalue weighted by Crippen LogP contribution is -2.55. The third-order valence-corrected chi connectivity index (χ3v) is 5.83. The van der Waals surface area contributed by atoms with E-state index in [1.54, 1.807) is 42.2 Å². The van der Waals surface area contributed by atoms with Crippen LogP contribution in [0.25, 0.3) is 0 Å². The molecule has 0 aliphatic carbocycles. The van der Waals surface area contributed by atoms with Gasteiger partial charge in [0.05, 0.1) is 14.2 Å². The average Bonchev–Trinajstić information content (AvgIpc) is 2.87. The van der Waals surface area contributed by atoms with E-state index in [1.807, 2.05) is 24.3 Å². The Kier molecular flexibility index (Phi) is 6.72. The minimum atomic E-state index is -0.686. The number of allylic oxidation sites excluding steroid dienone is 1. The number of para-hydroxylation sites is 2. The molecule has 1 atom stereocenters. The van der Waals surface area contributed by atoms with Crippen LogP contribution in [0.15, 0.2) is 49.1 Å². The van der Waals surface area contributed by atoms with Crippen molar-refractivity contribution in [2.24, 2.45) is 0 Å². The first-order valence-electron chi connectivity index (χ1n) is 10.9. The average molecular weight is 453 g/mol. The summed E-state index contributed by atoms with van der Waals surface area (Å²) in [6.07, 6.45) is 1.62. The number of nitrogens with zero attached hydrogens (tertiary/aromatic N) is 2. The molecule has 2 amide bonds. The van der Waals surface area contributed by atoms with E-state index in [1.165, 1.54) is 0 Å². The number of piperazine rings is 1. The summed E-state index contributed by atoms with van der Waals surface area (Å²) in [6, 6.07) is 10.8. The monoisotopic (exact) mass is 452 g/mol. The van der Waals surface area contributed by atoms with E-state index in [9.17, 15) is 9.59 Å². The maximum atomic E-state index is 13.2. The summed E-state index contributed by atoms with van der Waals surface area (Å²) in [5.41, 5.74) is 1.35. The third kappa shape index (κ3) is 4.60. The molecule has 4 rings (SSSR count). The number of hydrogen-bond donors (Lipinski definition) is 0. The first kappa shape index (κ1) is 22.5. The molecule has 2 heterocycles. The lowest BCUT2D eigenvalue weighted by Gasteiger charge is -2.37. The Morgan fingerprint density at radius 3 is 2.42 bits per heavy atom. The molecular weight excluding hydrogens is 424 g/mol. The lowest BCUT2D eigenvalue weighted by molar-refractivity contribution is -0.142. The van der Waals surface area contributed by atoms with Crippen molar-refractivity contribution in [1.29, 1.82) is 0 Å². The highest BCUT2D eigenvalue weighted by molar-refractivity contribution is 5.95. The Bertz CT molecular complexity index is 1050. The maximum absolute atomic E-state index is 13.2. The molecule has 0 radical (unpaired) electrons. The van der Waals surface area contributed by atoms with Gasteiger partial charge in [0.15, 0.2) is 23.0 Å². The molecule has 0 aromatic heterocycles. The Morgan fingerprint density at radius 2 is 1.76 bits per heavy atom. The van der Waals surface area contributed by atoms with Crippen molar-refractivity contribution in [2.75, 3.05) is 47.0 Å². The largest absolute Gasteiger partial charge is 0.493 e. The molecule has 0 unspecified atom stereocenters. The van der Waals surface area contributed by atoms with Crippen LogP contribution in [-0.2, 0) is 11.2 Å². The van der Waals surface area contributed by atoms with Crippen LogP contribution in [-0.4, -0.2) is 74.7 Å². The predicted molar refractivity (Wildman–Crippen MR) is 122 cm³/mol. The van der Waals surface area contributed by atoms with Crippen LogP contribution in [0.5, 0.6) is 23.0 Å². The zero-order chi connectivity index (χ0) is 23.4. The van der Waals surface area contributed by atoms with Crippen LogP contribution in [0.4, 0.5) is 0 Å². The lowest BCUT2D eigenvalue weighted by atomic mass is 10.0. The molecule has 0 N–H and O–H groups in total. The van der Waals surface area contributed by atoms with Gasteiger partial charge in [-0.05, 0) is 30.7 Å². The number of carbonyl (C=O) groups is 2. The molecule has 33 heavy (non-hydrogen) atoms. The highest BCUT2D eigenvalue weighted by Crippen LogP contribution is 2.34. The van der Waals surface area contributed by atoms with Crippen molar-refractivity contribution in [3.8, 4) is 23.0 Å². The van der Waals surface area contributed by atoms with Crippen LogP contribution in [0.1, 0.15) is 15.9 Å². The van der Waals surface area contributed by atoms with Crippen LogP contribution < -0.4 is 18.9 Å². The fraction of sp³-hybridized carbons (Fsp3) is 0.360. The van der Waals surface area contributed by atoms with E-state index in [0.29, 0.717) is 61.2 Å². The van der Waals surface area contributed by atoms with Gasteiger partial charge in [0.1, 0.15) is 6.61 Å². The van der Waals surface area contributed by atoms with Gasteiger partial charge in [-0.25, -0.2) is 0 Å². The second-order valence-corrected chi connectivity index (χ2v) is 7.85. The summed E-state index contributed by atoms with van der Waals surface area (Å²) in [7, 11) is 3.12. The second-order valence-electron chi connectivity index (χ2n) is 7.85. The number of ether oxygens (including phenoxy) is 4. The molecule has 0 saturated carbocycles. The SMILES string of the molecule is C=CCc1cc(C(=O)N2CCN(C(=O)[C@@H]3COc4ccccc4O3)CC2)cc(OC)c1OC. The summed E-state index contributed by atoms with van der Waals surface area (Å²) in [4.78, 5) is 29.6. The Hall–Kier alpha value is -3.68. The summed E-state index contributed by atoms with van der Waals surface area (Å²) >= 11 is 0. The first-order valence-corrected chi connectivity index (χ1v) is 10.9. The van der Waals surface area contributed by atoms with E-state index in [-0.39, 0.29) is 18.4 Å². The molecule has 174 valence electrons. The topological polar surface area (TPSA) is 77.5 Å². The van der Waals surface area contributed by atoms with Crippen LogP contribution in [0, 0.1) is 0 Å². The van der Waals surface area contributed by atoms with E-state index >= 15 is 0 Å². The summed E-state index contributed by atoms with van der Waals surface area (Å²) < 4.78 is 22.4. The van der Waals surface area contributed by atoms with Gasteiger partial charge in [-0.1, -0.05) is 18.2 Å². The van der Waals surface area contributed by atoms with Crippen molar-refractivity contribution in [3.63, 3.8) is 0 Å². The summed E-state index contributed by atoms with van der Waals surface area (Å²) in [5, 5.41) is 0. The molecular formula is C25H28N2O6. The molecule has 2 aromatic rings. The summed E-state index contributed by atoms with van der Waals surface area (Å²) in [5.74, 6) is 2.07. The minimum Gasteiger partial charge on any atom is -0.493 e. The third-order valence-electron chi connectivity index (χ3n) is 5.83. The fourth-order valence-electron chi connectivity index (χ4n) is 4.13. The fourth-order valence-corrected chi connectivity index (χ4v) is 4.13. The summed E-state index contributed by atoms with van der Waals surface area (Å²) in [6.45, 7) is 5.67. The Morgan fingerprint density at radius 1 is 1.06 bits per heavy atom. The van der Waals surface area contributed by atoms with Gasteiger partial charge in [0, 0.05) is 37.3 Å². The van der Waals surface area contributed by atoms with Gasteiger partial charge < -0.3 is 28.7 Å². The van der Waals surface area contributed by atoms with Gasteiger partial charge >= 0.3 is 0 Å². The highest BCUT2D eigenvalue weighted by Gasteiger charge is 2.33. The van der Waals surface area contributed by atoms with Crippen molar-refractivity contribution in [3.05, 3.63) is 60.2 Å². The number of benzene rings is 2. The smallest absolute Gasteiger partial charge is 0.267 e. The molecule has 2 aromatic carbocycles. The maximum Gasteiger partial charge on any atom is 0.267 e. The quantitative estimate of drug-likeness (QED) is 0.627. The molecule has 1 fully saturated rings. The number of amides is 2. The van der Waals surface area contributed by atoms with E-state index < -0.39 is 6.10 Å². The van der Waals surface area contributed by atoms with Crippen LogP contribution in [0.2, 0.25) is 0 Å². The number of methoxy groups -OCH3 is 2. The molecule has 1 saturated heterocycles. The minimum absolute atomic E-state index is 0.112. The molecule has 2 aliphatic rings.